The van der Waals surface area contributed by atoms with E-state index in [-0.39, 0.29) is 5.69 Å². The molecule has 0 radical (unpaired) electrons. The summed E-state index contributed by atoms with van der Waals surface area (Å²) < 4.78 is 40.1. The van der Waals surface area contributed by atoms with Crippen molar-refractivity contribution in [2.45, 2.75) is 4.90 Å². The number of aromatic nitrogens is 1. The fourth-order valence-electron chi connectivity index (χ4n) is 1.31. The zero-order valence-corrected chi connectivity index (χ0v) is 11.4. The Kier molecular flexibility index (Phi) is 3.63. The van der Waals surface area contributed by atoms with E-state index in [1.54, 1.807) is 6.07 Å². The smallest absolute Gasteiger partial charge is 0.264 e. The molecule has 94 valence electrons. The van der Waals surface area contributed by atoms with Gasteiger partial charge in [-0.25, -0.2) is 17.8 Å². The van der Waals surface area contributed by atoms with Gasteiger partial charge in [0.1, 0.15) is 15.3 Å². The standard InChI is InChI=1S/C11H8BrFN2O2S/c12-11-6-5-8(7-14-11)15-18(16,17)10-4-2-1-3-9(10)13/h1-7,15H. The molecule has 0 aliphatic carbocycles. The second kappa shape index (κ2) is 5.03. The van der Waals surface area contributed by atoms with E-state index in [4.69, 9.17) is 0 Å². The Morgan fingerprint density at radius 3 is 2.50 bits per heavy atom. The van der Waals surface area contributed by atoms with Gasteiger partial charge in [0, 0.05) is 0 Å². The molecule has 0 unspecified atom stereocenters. The molecule has 0 fully saturated rings. The van der Waals surface area contributed by atoms with E-state index in [0.29, 0.717) is 4.60 Å². The number of halogens is 2. The summed E-state index contributed by atoms with van der Waals surface area (Å²) in [5.41, 5.74) is 0.265. The monoisotopic (exact) mass is 330 g/mol. The van der Waals surface area contributed by atoms with E-state index in [0.717, 1.165) is 6.07 Å². The summed E-state index contributed by atoms with van der Waals surface area (Å²) in [6, 6.07) is 8.28. The molecule has 0 bridgehead atoms. The maximum Gasteiger partial charge on any atom is 0.264 e. The third-order valence-electron chi connectivity index (χ3n) is 2.11. The van der Waals surface area contributed by atoms with Gasteiger partial charge in [-0.1, -0.05) is 12.1 Å². The maximum absolute atomic E-state index is 13.4. The van der Waals surface area contributed by atoms with E-state index in [1.807, 2.05) is 0 Å². The van der Waals surface area contributed by atoms with E-state index < -0.39 is 20.7 Å². The van der Waals surface area contributed by atoms with Crippen molar-refractivity contribution in [3.63, 3.8) is 0 Å². The van der Waals surface area contributed by atoms with Crippen LogP contribution in [0.5, 0.6) is 0 Å². The van der Waals surface area contributed by atoms with Crippen LogP contribution in [0.2, 0.25) is 0 Å². The highest BCUT2D eigenvalue weighted by atomic mass is 79.9. The first-order valence-electron chi connectivity index (χ1n) is 4.88. The van der Waals surface area contributed by atoms with Crippen LogP contribution < -0.4 is 4.72 Å². The van der Waals surface area contributed by atoms with Crippen molar-refractivity contribution in [2.24, 2.45) is 0 Å². The molecule has 1 heterocycles. The number of nitrogens with one attached hydrogen (secondary N) is 1. The van der Waals surface area contributed by atoms with Crippen molar-refractivity contribution >= 4 is 31.6 Å². The number of nitrogens with zero attached hydrogens (tertiary/aromatic N) is 1. The fourth-order valence-corrected chi connectivity index (χ4v) is 2.67. The summed E-state index contributed by atoms with van der Waals surface area (Å²) in [6.07, 6.45) is 1.34. The topological polar surface area (TPSA) is 59.1 Å². The van der Waals surface area contributed by atoms with Crippen LogP contribution >= 0.6 is 15.9 Å². The molecule has 0 spiro atoms. The molecule has 18 heavy (non-hydrogen) atoms. The quantitative estimate of drug-likeness (QED) is 0.880. The first-order chi connectivity index (χ1) is 8.49. The minimum Gasteiger partial charge on any atom is -0.278 e. The largest absolute Gasteiger partial charge is 0.278 e. The number of benzene rings is 1. The predicted octanol–water partition coefficient (Wildman–Crippen LogP) is 2.78. The molecule has 7 heteroatoms. The Morgan fingerprint density at radius 2 is 1.89 bits per heavy atom. The number of sulfonamides is 1. The minimum atomic E-state index is -3.94. The first kappa shape index (κ1) is 13.0. The second-order valence-corrected chi connectivity index (χ2v) is 5.87. The molecule has 0 atom stereocenters. The minimum absolute atomic E-state index is 0.265. The Morgan fingerprint density at radius 1 is 1.17 bits per heavy atom. The lowest BCUT2D eigenvalue weighted by Gasteiger charge is -2.08. The average molecular weight is 331 g/mol. The molecule has 1 aromatic carbocycles. The van der Waals surface area contributed by atoms with Gasteiger partial charge in [-0.15, -0.1) is 0 Å². The number of rotatable bonds is 3. The van der Waals surface area contributed by atoms with Gasteiger partial charge in [-0.2, -0.15) is 0 Å². The van der Waals surface area contributed by atoms with Crippen molar-refractivity contribution < 1.29 is 12.8 Å². The van der Waals surface area contributed by atoms with Crippen LogP contribution in [0, 0.1) is 5.82 Å². The summed E-state index contributed by atoms with van der Waals surface area (Å²) in [4.78, 5) is 3.48. The van der Waals surface area contributed by atoms with Gasteiger partial charge in [0.2, 0.25) is 0 Å². The van der Waals surface area contributed by atoms with Crippen molar-refractivity contribution in [3.8, 4) is 0 Å². The summed E-state index contributed by atoms with van der Waals surface area (Å²) in [5.74, 6) is -0.796. The number of hydrogen-bond donors (Lipinski definition) is 1. The van der Waals surface area contributed by atoms with E-state index in [1.165, 1.54) is 30.5 Å². The van der Waals surface area contributed by atoms with Crippen LogP contribution in [0.15, 0.2) is 52.1 Å². The highest BCUT2D eigenvalue weighted by Crippen LogP contribution is 2.18. The summed E-state index contributed by atoms with van der Waals surface area (Å²) in [7, 11) is -3.94. The Labute approximate surface area is 112 Å². The van der Waals surface area contributed by atoms with Crippen LogP contribution in [0.25, 0.3) is 0 Å². The van der Waals surface area contributed by atoms with Gasteiger partial charge in [0.05, 0.1) is 11.9 Å². The highest BCUT2D eigenvalue weighted by Gasteiger charge is 2.18. The van der Waals surface area contributed by atoms with Gasteiger partial charge < -0.3 is 0 Å². The van der Waals surface area contributed by atoms with Crippen LogP contribution in [-0.4, -0.2) is 13.4 Å². The third kappa shape index (κ3) is 2.85. The highest BCUT2D eigenvalue weighted by molar-refractivity contribution is 9.10. The maximum atomic E-state index is 13.4. The van der Waals surface area contributed by atoms with Crippen molar-refractivity contribution in [1.29, 1.82) is 0 Å². The molecule has 4 nitrogen and oxygen atoms in total. The van der Waals surface area contributed by atoms with E-state index in [9.17, 15) is 12.8 Å². The lowest BCUT2D eigenvalue weighted by molar-refractivity contribution is 0.570. The molecule has 0 amide bonds. The molecule has 2 aromatic rings. The molecule has 1 aromatic heterocycles. The number of hydrogen-bond acceptors (Lipinski definition) is 3. The molecule has 0 aliphatic heterocycles. The van der Waals surface area contributed by atoms with Crippen molar-refractivity contribution in [1.82, 2.24) is 4.98 Å². The zero-order valence-electron chi connectivity index (χ0n) is 8.97. The van der Waals surface area contributed by atoms with Gasteiger partial charge in [-0.05, 0) is 40.2 Å². The SMILES string of the molecule is O=S(=O)(Nc1ccc(Br)nc1)c1ccccc1F. The molecule has 1 N–H and O–H groups in total. The average Bonchev–Trinajstić information content (AvgIpc) is 2.32. The fraction of sp³-hybridized carbons (Fsp3) is 0. The number of pyridine rings is 1. The van der Waals surface area contributed by atoms with Crippen LogP contribution in [0.4, 0.5) is 10.1 Å². The number of anilines is 1. The van der Waals surface area contributed by atoms with E-state index in [2.05, 4.69) is 25.6 Å². The normalized spacial score (nSPS) is 11.2. The van der Waals surface area contributed by atoms with Crippen LogP contribution in [-0.2, 0) is 10.0 Å². The lowest BCUT2D eigenvalue weighted by atomic mass is 10.4. The Balaban J connectivity index is 2.33. The van der Waals surface area contributed by atoms with Crippen molar-refractivity contribution in [2.75, 3.05) is 4.72 Å². The summed E-state index contributed by atoms with van der Waals surface area (Å²) in [5, 5.41) is 0. The molecular formula is C11H8BrFN2O2S. The second-order valence-electron chi connectivity index (χ2n) is 3.41. The van der Waals surface area contributed by atoms with Crippen molar-refractivity contribution in [3.05, 3.63) is 53.0 Å². The third-order valence-corrected chi connectivity index (χ3v) is 3.99. The van der Waals surface area contributed by atoms with Crippen LogP contribution in [0.1, 0.15) is 0 Å². The summed E-state index contributed by atoms with van der Waals surface area (Å²) >= 11 is 3.13. The summed E-state index contributed by atoms with van der Waals surface area (Å²) in [6.45, 7) is 0. The van der Waals surface area contributed by atoms with Gasteiger partial charge in [-0.3, -0.25) is 4.72 Å². The molecular weight excluding hydrogens is 323 g/mol. The predicted molar refractivity (Wildman–Crippen MR) is 69.1 cm³/mol. The Bertz CT molecular complexity index is 659. The lowest BCUT2D eigenvalue weighted by Crippen LogP contribution is -2.14. The molecule has 0 aliphatic rings. The molecule has 0 saturated carbocycles. The zero-order chi connectivity index (χ0) is 13.2. The van der Waals surface area contributed by atoms with Gasteiger partial charge in [0.25, 0.3) is 10.0 Å². The first-order valence-corrected chi connectivity index (χ1v) is 7.15. The van der Waals surface area contributed by atoms with Gasteiger partial charge >= 0.3 is 0 Å². The molecule has 2 rings (SSSR count). The van der Waals surface area contributed by atoms with Crippen LogP contribution in [0.3, 0.4) is 0 Å². The van der Waals surface area contributed by atoms with E-state index >= 15 is 0 Å². The Hall–Kier alpha value is -1.47. The van der Waals surface area contributed by atoms with Gasteiger partial charge in [0.15, 0.2) is 0 Å². The molecule has 0 saturated heterocycles.